The van der Waals surface area contributed by atoms with Crippen LogP contribution in [-0.4, -0.2) is 35.3 Å². The number of halogens is 1. The van der Waals surface area contributed by atoms with Crippen LogP contribution in [0.4, 0.5) is 5.95 Å². The molecule has 0 amide bonds. The van der Waals surface area contributed by atoms with Crippen molar-refractivity contribution in [3.8, 4) is 22.8 Å². The van der Waals surface area contributed by atoms with Crippen molar-refractivity contribution in [1.29, 1.82) is 0 Å². The fourth-order valence-corrected chi connectivity index (χ4v) is 3.74. The van der Waals surface area contributed by atoms with Crippen LogP contribution in [0.5, 0.6) is 11.5 Å². The van der Waals surface area contributed by atoms with Gasteiger partial charge in [-0.05, 0) is 56.3 Å². The Kier molecular flexibility index (Phi) is 5.53. The summed E-state index contributed by atoms with van der Waals surface area (Å²) in [6.07, 6.45) is 4.42. The maximum absolute atomic E-state index is 10.6. The van der Waals surface area contributed by atoms with Crippen LogP contribution in [0.15, 0.2) is 18.2 Å². The number of hydrogen-bond acceptors (Lipinski definition) is 6. The summed E-state index contributed by atoms with van der Waals surface area (Å²) in [5.41, 5.74) is 9.41. The molecule has 1 aliphatic carbocycles. The minimum atomic E-state index is 0. The highest BCUT2D eigenvalue weighted by atomic mass is 35.5. The maximum atomic E-state index is 10.6. The van der Waals surface area contributed by atoms with E-state index in [0.29, 0.717) is 17.5 Å². The topological polar surface area (TPSA) is 93.3 Å². The molecule has 1 saturated heterocycles. The van der Waals surface area contributed by atoms with Crippen molar-refractivity contribution in [3.63, 3.8) is 0 Å². The first kappa shape index (κ1) is 18.7. The minimum absolute atomic E-state index is 0. The third kappa shape index (κ3) is 3.57. The molecule has 0 radical (unpaired) electrons. The Morgan fingerprint density at radius 3 is 2.65 bits per heavy atom. The van der Waals surface area contributed by atoms with E-state index in [9.17, 15) is 5.11 Å². The first-order chi connectivity index (χ1) is 12.2. The number of methoxy groups -OCH3 is 1. The van der Waals surface area contributed by atoms with Gasteiger partial charge in [0, 0.05) is 23.6 Å². The van der Waals surface area contributed by atoms with Gasteiger partial charge in [0.1, 0.15) is 11.5 Å². The van der Waals surface area contributed by atoms with Gasteiger partial charge in [-0.15, -0.1) is 12.4 Å². The first-order valence-corrected chi connectivity index (χ1v) is 8.92. The second-order valence-corrected chi connectivity index (χ2v) is 6.93. The van der Waals surface area contributed by atoms with Gasteiger partial charge in [0.15, 0.2) is 0 Å². The van der Waals surface area contributed by atoms with Crippen molar-refractivity contribution in [2.75, 3.05) is 25.9 Å². The Hall–Kier alpha value is -2.05. The molecule has 0 spiro atoms. The van der Waals surface area contributed by atoms with Crippen LogP contribution in [0.1, 0.15) is 48.8 Å². The number of phenols is 1. The molecule has 1 saturated carbocycles. The van der Waals surface area contributed by atoms with Crippen LogP contribution in [0, 0.1) is 0 Å². The molecule has 4 rings (SSSR count). The van der Waals surface area contributed by atoms with E-state index in [-0.39, 0.29) is 24.1 Å². The number of phenolic OH excluding ortho intramolecular Hbond substituents is 1. The largest absolute Gasteiger partial charge is 0.507 e. The van der Waals surface area contributed by atoms with E-state index in [0.717, 1.165) is 61.3 Å². The summed E-state index contributed by atoms with van der Waals surface area (Å²) < 4.78 is 5.54. The molecule has 1 atom stereocenters. The van der Waals surface area contributed by atoms with E-state index in [1.807, 2.05) is 12.1 Å². The standard InChI is InChI=1S/C19H24N4O2.ClH/c1-25-16-7-6-15(24)18(17(16)11-4-5-11)14-9-13(22-19(20)23-14)12-3-2-8-21-10-12;/h6-7,9,11-12,21,24H,2-5,8,10H2,1H3,(H2,20,22,23);1H. The predicted molar refractivity (Wildman–Crippen MR) is 104 cm³/mol. The zero-order valence-electron chi connectivity index (χ0n) is 14.9. The number of nitrogens with zero attached hydrogens (tertiary/aromatic N) is 2. The smallest absolute Gasteiger partial charge is 0.220 e. The average Bonchev–Trinajstić information content (AvgIpc) is 3.46. The van der Waals surface area contributed by atoms with E-state index < -0.39 is 0 Å². The highest BCUT2D eigenvalue weighted by Crippen LogP contribution is 2.51. The molecule has 2 aromatic rings. The summed E-state index contributed by atoms with van der Waals surface area (Å²) in [4.78, 5) is 8.90. The number of hydrogen-bond donors (Lipinski definition) is 3. The summed E-state index contributed by atoms with van der Waals surface area (Å²) in [6.45, 7) is 1.95. The third-order valence-corrected chi connectivity index (χ3v) is 5.12. The zero-order chi connectivity index (χ0) is 17.4. The summed E-state index contributed by atoms with van der Waals surface area (Å²) in [6, 6.07) is 5.47. The van der Waals surface area contributed by atoms with E-state index in [1.54, 1.807) is 13.2 Å². The monoisotopic (exact) mass is 376 g/mol. The molecular weight excluding hydrogens is 352 g/mol. The van der Waals surface area contributed by atoms with Crippen LogP contribution in [0.2, 0.25) is 0 Å². The number of piperidine rings is 1. The molecule has 1 aliphatic heterocycles. The summed E-state index contributed by atoms with van der Waals surface area (Å²) in [5.74, 6) is 2.01. The predicted octanol–water partition coefficient (Wildman–Crippen LogP) is 3.21. The number of anilines is 1. The second-order valence-electron chi connectivity index (χ2n) is 6.93. The highest BCUT2D eigenvalue weighted by Gasteiger charge is 2.32. The van der Waals surface area contributed by atoms with Crippen molar-refractivity contribution >= 4 is 18.4 Å². The molecule has 6 nitrogen and oxygen atoms in total. The Bertz CT molecular complexity index is 789. The normalized spacial score (nSPS) is 19.7. The lowest BCUT2D eigenvalue weighted by Crippen LogP contribution is -2.29. The van der Waals surface area contributed by atoms with Gasteiger partial charge in [-0.3, -0.25) is 0 Å². The number of nitrogens with two attached hydrogens (primary N) is 1. The van der Waals surface area contributed by atoms with Gasteiger partial charge in [0.2, 0.25) is 5.95 Å². The molecule has 7 heteroatoms. The maximum Gasteiger partial charge on any atom is 0.220 e. The zero-order valence-corrected chi connectivity index (χ0v) is 15.7. The lowest BCUT2D eigenvalue weighted by Gasteiger charge is -2.23. The third-order valence-electron chi connectivity index (χ3n) is 5.12. The van der Waals surface area contributed by atoms with Crippen LogP contribution < -0.4 is 15.8 Å². The average molecular weight is 377 g/mol. The van der Waals surface area contributed by atoms with Crippen LogP contribution in [0.3, 0.4) is 0 Å². The van der Waals surface area contributed by atoms with Gasteiger partial charge < -0.3 is 20.9 Å². The molecule has 4 N–H and O–H groups in total. The summed E-state index contributed by atoms with van der Waals surface area (Å²) in [5, 5.41) is 14.0. The Labute approximate surface area is 159 Å². The lowest BCUT2D eigenvalue weighted by atomic mass is 9.93. The number of benzene rings is 1. The molecule has 140 valence electrons. The number of nitrogen functional groups attached to an aromatic ring is 1. The van der Waals surface area contributed by atoms with Crippen molar-refractivity contribution in [3.05, 3.63) is 29.5 Å². The summed E-state index contributed by atoms with van der Waals surface area (Å²) >= 11 is 0. The minimum Gasteiger partial charge on any atom is -0.507 e. The Balaban J connectivity index is 0.00000196. The molecule has 2 heterocycles. The van der Waals surface area contributed by atoms with Gasteiger partial charge in [-0.1, -0.05) is 0 Å². The summed E-state index contributed by atoms with van der Waals surface area (Å²) in [7, 11) is 1.66. The second kappa shape index (κ2) is 7.68. The van der Waals surface area contributed by atoms with Crippen LogP contribution in [0.25, 0.3) is 11.3 Å². The van der Waals surface area contributed by atoms with Gasteiger partial charge in [0.25, 0.3) is 0 Å². The van der Waals surface area contributed by atoms with E-state index in [2.05, 4.69) is 15.3 Å². The number of rotatable bonds is 4. The Morgan fingerprint density at radius 2 is 2.00 bits per heavy atom. The molecule has 2 aliphatic rings. The molecule has 1 aromatic heterocycles. The molecule has 0 bridgehead atoms. The number of aromatic nitrogens is 2. The van der Waals surface area contributed by atoms with Gasteiger partial charge >= 0.3 is 0 Å². The van der Waals surface area contributed by atoms with E-state index >= 15 is 0 Å². The van der Waals surface area contributed by atoms with Crippen molar-refractivity contribution < 1.29 is 9.84 Å². The van der Waals surface area contributed by atoms with Gasteiger partial charge in [-0.25, -0.2) is 9.97 Å². The molecule has 26 heavy (non-hydrogen) atoms. The number of aromatic hydroxyl groups is 1. The van der Waals surface area contributed by atoms with E-state index in [1.165, 1.54) is 0 Å². The van der Waals surface area contributed by atoms with Crippen molar-refractivity contribution in [2.24, 2.45) is 0 Å². The Morgan fingerprint density at radius 1 is 1.19 bits per heavy atom. The van der Waals surface area contributed by atoms with Crippen LogP contribution >= 0.6 is 12.4 Å². The van der Waals surface area contributed by atoms with E-state index in [4.69, 9.17) is 10.5 Å². The van der Waals surface area contributed by atoms with Gasteiger partial charge in [-0.2, -0.15) is 0 Å². The molecule has 1 aromatic carbocycles. The van der Waals surface area contributed by atoms with Crippen LogP contribution in [-0.2, 0) is 0 Å². The number of nitrogens with one attached hydrogen (secondary N) is 1. The molecule has 1 unspecified atom stereocenters. The SMILES string of the molecule is COc1ccc(O)c(-c2cc(C3CCCNC3)nc(N)n2)c1C1CC1.Cl. The van der Waals surface area contributed by atoms with Crippen molar-refractivity contribution in [2.45, 2.75) is 37.5 Å². The number of ether oxygens (including phenoxy) is 1. The molecular formula is C19H25ClN4O2. The van der Waals surface area contributed by atoms with Crippen molar-refractivity contribution in [1.82, 2.24) is 15.3 Å². The lowest BCUT2D eigenvalue weighted by molar-refractivity contribution is 0.407. The van der Waals surface area contributed by atoms with Gasteiger partial charge in [0.05, 0.1) is 18.5 Å². The quantitative estimate of drug-likeness (QED) is 0.758. The first-order valence-electron chi connectivity index (χ1n) is 8.92. The fourth-order valence-electron chi connectivity index (χ4n) is 3.74. The highest BCUT2D eigenvalue weighted by molar-refractivity contribution is 5.85. The molecule has 2 fully saturated rings. The fraction of sp³-hybridized carbons (Fsp3) is 0.474.